The van der Waals surface area contributed by atoms with Gasteiger partial charge in [-0.25, -0.2) is 0 Å². The van der Waals surface area contributed by atoms with Gasteiger partial charge in [0.15, 0.2) is 5.78 Å². The van der Waals surface area contributed by atoms with Gasteiger partial charge in [0.1, 0.15) is 0 Å². The molecule has 112 valence electrons. The van der Waals surface area contributed by atoms with E-state index < -0.39 is 0 Å². The Kier molecular flexibility index (Phi) is 6.75. The molecule has 0 aliphatic heterocycles. The van der Waals surface area contributed by atoms with Crippen molar-refractivity contribution in [3.8, 4) is 0 Å². The number of hydrogen-bond acceptors (Lipinski definition) is 5. The van der Waals surface area contributed by atoms with Crippen LogP contribution in [0.25, 0.3) is 0 Å². The number of carbonyl (C=O) groups is 1. The van der Waals surface area contributed by atoms with Crippen molar-refractivity contribution in [1.82, 2.24) is 4.90 Å². The molecule has 0 saturated carbocycles. The third-order valence-electron chi connectivity index (χ3n) is 2.65. The predicted octanol–water partition coefficient (Wildman–Crippen LogP) is 2.96. The number of nitrogens with zero attached hydrogens (tertiary/aromatic N) is 2. The molecule has 0 radical (unpaired) electrons. The normalized spacial score (nSPS) is 13.2. The Balaban J connectivity index is 3.16. The number of thioether (sulfide) groups is 1. The summed E-state index contributed by atoms with van der Waals surface area (Å²) in [5, 5.41) is 0.473. The lowest BCUT2D eigenvalue weighted by molar-refractivity contribution is -0.110. The van der Waals surface area contributed by atoms with Crippen LogP contribution in [0, 0.1) is 0 Å². The first kappa shape index (κ1) is 17.0. The lowest BCUT2D eigenvalue weighted by atomic mass is 10.1. The zero-order valence-electron chi connectivity index (χ0n) is 12.8. The minimum Gasteiger partial charge on any atom is -0.393 e. The summed E-state index contributed by atoms with van der Waals surface area (Å²) in [5.41, 5.74) is 7.83. The van der Waals surface area contributed by atoms with E-state index in [-0.39, 0.29) is 5.78 Å². The SMILES string of the molecule is CSC(N)=C(C(=O)/C=C/N(C)C)C(C)=Nc1ccccc1. The van der Waals surface area contributed by atoms with E-state index in [1.165, 1.54) is 17.8 Å². The Bertz CT molecular complexity index is 574. The van der Waals surface area contributed by atoms with Gasteiger partial charge in [-0.2, -0.15) is 0 Å². The molecule has 21 heavy (non-hydrogen) atoms. The van der Waals surface area contributed by atoms with Gasteiger partial charge in [-0.05, 0) is 25.3 Å². The molecule has 0 amide bonds. The minimum absolute atomic E-state index is 0.146. The topological polar surface area (TPSA) is 58.7 Å². The van der Waals surface area contributed by atoms with Crippen molar-refractivity contribution in [3.05, 3.63) is 53.2 Å². The van der Waals surface area contributed by atoms with Gasteiger partial charge in [0.05, 0.1) is 22.0 Å². The monoisotopic (exact) mass is 303 g/mol. The third kappa shape index (κ3) is 5.47. The molecule has 1 aromatic rings. The Hall–Kier alpha value is -2.01. The average Bonchev–Trinajstić information content (AvgIpc) is 2.46. The summed E-state index contributed by atoms with van der Waals surface area (Å²) in [6.07, 6.45) is 5.04. The van der Waals surface area contributed by atoms with Crippen molar-refractivity contribution in [2.45, 2.75) is 6.92 Å². The highest BCUT2D eigenvalue weighted by atomic mass is 32.2. The molecule has 4 nitrogen and oxygen atoms in total. The highest BCUT2D eigenvalue weighted by molar-refractivity contribution is 8.02. The molecule has 5 heteroatoms. The molecule has 2 N–H and O–H groups in total. The van der Waals surface area contributed by atoms with Gasteiger partial charge in [-0.1, -0.05) is 18.2 Å². The van der Waals surface area contributed by atoms with E-state index >= 15 is 0 Å². The van der Waals surface area contributed by atoms with Crippen LogP contribution in [0.4, 0.5) is 5.69 Å². The zero-order valence-corrected chi connectivity index (χ0v) is 13.6. The number of benzene rings is 1. The van der Waals surface area contributed by atoms with Gasteiger partial charge in [-0.15, -0.1) is 11.8 Å². The van der Waals surface area contributed by atoms with E-state index in [1.807, 2.05) is 50.7 Å². The minimum atomic E-state index is -0.146. The van der Waals surface area contributed by atoms with Gasteiger partial charge in [0.25, 0.3) is 0 Å². The largest absolute Gasteiger partial charge is 0.393 e. The zero-order chi connectivity index (χ0) is 15.8. The van der Waals surface area contributed by atoms with Crippen LogP contribution in [-0.2, 0) is 4.79 Å². The second-order valence-corrected chi connectivity index (χ2v) is 5.47. The molecule has 0 atom stereocenters. The maximum Gasteiger partial charge on any atom is 0.191 e. The average molecular weight is 303 g/mol. The maximum atomic E-state index is 12.3. The number of hydrogen-bond donors (Lipinski definition) is 1. The summed E-state index contributed by atoms with van der Waals surface area (Å²) in [6, 6.07) is 9.50. The Morgan fingerprint density at radius 1 is 1.29 bits per heavy atom. The Labute approximate surface area is 130 Å². The Morgan fingerprint density at radius 3 is 2.43 bits per heavy atom. The van der Waals surface area contributed by atoms with E-state index in [9.17, 15) is 4.79 Å². The Morgan fingerprint density at radius 2 is 1.90 bits per heavy atom. The van der Waals surface area contributed by atoms with Gasteiger partial charge >= 0.3 is 0 Å². The van der Waals surface area contributed by atoms with Crippen LogP contribution in [-0.4, -0.2) is 36.7 Å². The van der Waals surface area contributed by atoms with Gasteiger partial charge in [0, 0.05) is 26.4 Å². The number of rotatable bonds is 6. The van der Waals surface area contributed by atoms with Crippen LogP contribution < -0.4 is 5.73 Å². The van der Waals surface area contributed by atoms with Crippen LogP contribution >= 0.6 is 11.8 Å². The van der Waals surface area contributed by atoms with Gasteiger partial charge in [0.2, 0.25) is 0 Å². The van der Waals surface area contributed by atoms with Crippen molar-refractivity contribution < 1.29 is 4.79 Å². The number of nitrogens with two attached hydrogens (primary N) is 1. The van der Waals surface area contributed by atoms with E-state index in [1.54, 1.807) is 18.0 Å². The molecule has 0 heterocycles. The molecule has 1 aromatic carbocycles. The first-order valence-corrected chi connectivity index (χ1v) is 7.71. The summed E-state index contributed by atoms with van der Waals surface area (Å²) < 4.78 is 0. The van der Waals surface area contributed by atoms with E-state index in [2.05, 4.69) is 4.99 Å². The maximum absolute atomic E-state index is 12.3. The summed E-state index contributed by atoms with van der Waals surface area (Å²) in [4.78, 5) is 18.6. The van der Waals surface area contributed by atoms with Crippen molar-refractivity contribution in [2.75, 3.05) is 20.4 Å². The summed E-state index contributed by atoms with van der Waals surface area (Å²) in [6.45, 7) is 1.80. The van der Waals surface area contributed by atoms with E-state index in [4.69, 9.17) is 5.73 Å². The molecular weight excluding hydrogens is 282 g/mol. The lowest BCUT2D eigenvalue weighted by Crippen LogP contribution is -2.15. The summed E-state index contributed by atoms with van der Waals surface area (Å²) in [7, 11) is 3.71. The molecule has 0 unspecified atom stereocenters. The lowest BCUT2D eigenvalue weighted by Gasteiger charge is -2.09. The van der Waals surface area contributed by atoms with Crippen molar-refractivity contribution in [1.29, 1.82) is 0 Å². The fraction of sp³-hybridized carbons (Fsp3) is 0.250. The first-order valence-electron chi connectivity index (χ1n) is 6.49. The summed E-state index contributed by atoms with van der Waals surface area (Å²) >= 11 is 1.34. The number of ketones is 1. The molecule has 0 aromatic heterocycles. The van der Waals surface area contributed by atoms with Crippen molar-refractivity contribution in [3.63, 3.8) is 0 Å². The van der Waals surface area contributed by atoms with E-state index in [0.717, 1.165) is 5.69 Å². The standard InChI is InChI=1S/C16H21N3OS/c1-12(18-13-8-6-5-7-9-13)15(16(17)21-4)14(20)10-11-19(2)3/h5-11H,17H2,1-4H3/b11-10+,16-15?,18-12?. The second kappa shape index (κ2) is 8.32. The number of para-hydroxylation sites is 1. The smallest absolute Gasteiger partial charge is 0.191 e. The second-order valence-electron chi connectivity index (χ2n) is 4.62. The van der Waals surface area contributed by atoms with Crippen LogP contribution in [0.15, 0.2) is 58.2 Å². The molecular formula is C16H21N3OS. The van der Waals surface area contributed by atoms with Crippen LogP contribution in [0.1, 0.15) is 6.92 Å². The predicted molar refractivity (Wildman–Crippen MR) is 91.8 cm³/mol. The fourth-order valence-electron chi connectivity index (χ4n) is 1.63. The third-order valence-corrected chi connectivity index (χ3v) is 3.30. The summed E-state index contributed by atoms with van der Waals surface area (Å²) in [5.74, 6) is -0.146. The number of aliphatic imine (C=N–C) groups is 1. The first-order chi connectivity index (χ1) is 9.95. The van der Waals surface area contributed by atoms with Gasteiger partial charge in [-0.3, -0.25) is 9.79 Å². The highest BCUT2D eigenvalue weighted by Gasteiger charge is 2.14. The van der Waals surface area contributed by atoms with Crippen LogP contribution in [0.3, 0.4) is 0 Å². The van der Waals surface area contributed by atoms with Crippen molar-refractivity contribution in [2.24, 2.45) is 10.7 Å². The molecule has 0 fully saturated rings. The highest BCUT2D eigenvalue weighted by Crippen LogP contribution is 2.18. The van der Waals surface area contributed by atoms with Crippen LogP contribution in [0.5, 0.6) is 0 Å². The van der Waals surface area contributed by atoms with E-state index in [0.29, 0.717) is 16.3 Å². The van der Waals surface area contributed by atoms with Gasteiger partial charge < -0.3 is 10.6 Å². The number of allylic oxidation sites excluding steroid dienone is 2. The molecule has 1 rings (SSSR count). The molecule has 0 saturated heterocycles. The molecule has 0 spiro atoms. The fourth-order valence-corrected chi connectivity index (χ4v) is 2.08. The van der Waals surface area contributed by atoms with Crippen LogP contribution in [0.2, 0.25) is 0 Å². The molecule has 0 aliphatic carbocycles. The quantitative estimate of drug-likeness (QED) is 0.648. The molecule has 0 aliphatic rings. The number of carbonyl (C=O) groups excluding carboxylic acids is 1. The molecule has 0 bridgehead atoms. The van der Waals surface area contributed by atoms with Crippen molar-refractivity contribution >= 4 is 28.9 Å².